The molecular weight excluding hydrogens is 226 g/mol. The maximum absolute atomic E-state index is 12.0. The zero-order valence-electron chi connectivity index (χ0n) is 10.9. The van der Waals surface area contributed by atoms with Gasteiger partial charge in [0.1, 0.15) is 11.5 Å². The molecule has 2 rings (SSSR count). The lowest BCUT2D eigenvalue weighted by Crippen LogP contribution is -2.05. The average molecular weight is 243 g/mol. The number of nitrogens with one attached hydrogen (secondary N) is 1. The van der Waals surface area contributed by atoms with Crippen molar-refractivity contribution in [1.29, 1.82) is 0 Å². The summed E-state index contributed by atoms with van der Waals surface area (Å²) in [6.07, 6.45) is 3.97. The largest absolute Gasteiger partial charge is 0.341 e. The highest BCUT2D eigenvalue weighted by Crippen LogP contribution is 2.18. The molecule has 4 nitrogen and oxygen atoms in total. The number of imidazole rings is 1. The molecule has 2 aromatic heterocycles. The zero-order valence-corrected chi connectivity index (χ0v) is 10.9. The second kappa shape index (κ2) is 5.12. The summed E-state index contributed by atoms with van der Waals surface area (Å²) in [5.41, 5.74) is 2.26. The molecule has 0 spiro atoms. The quantitative estimate of drug-likeness (QED) is 0.840. The van der Waals surface area contributed by atoms with Crippen molar-refractivity contribution in [2.45, 2.75) is 27.2 Å². The van der Waals surface area contributed by atoms with Gasteiger partial charge in [-0.25, -0.2) is 4.98 Å². The van der Waals surface area contributed by atoms with Gasteiger partial charge in [0, 0.05) is 30.1 Å². The molecule has 4 heteroatoms. The fraction of sp³-hybridized carbons (Fsp3) is 0.357. The minimum absolute atomic E-state index is 0.0916. The molecule has 2 aromatic rings. The number of carbonyl (C=O) groups is 1. The molecule has 0 aliphatic carbocycles. The molecule has 0 aliphatic rings. The van der Waals surface area contributed by atoms with E-state index in [4.69, 9.17) is 0 Å². The molecule has 0 amide bonds. The molecule has 0 saturated heterocycles. The van der Waals surface area contributed by atoms with Crippen LogP contribution in [0, 0.1) is 12.8 Å². The van der Waals surface area contributed by atoms with Gasteiger partial charge in [-0.2, -0.15) is 0 Å². The maximum atomic E-state index is 12.0. The number of aromatic nitrogens is 3. The summed E-state index contributed by atoms with van der Waals surface area (Å²) in [7, 11) is 0. The van der Waals surface area contributed by atoms with Crippen LogP contribution in [0.25, 0.3) is 11.4 Å². The Labute approximate surface area is 106 Å². The van der Waals surface area contributed by atoms with Crippen LogP contribution in [0.2, 0.25) is 0 Å². The summed E-state index contributed by atoms with van der Waals surface area (Å²) in [5, 5.41) is 0. The van der Waals surface area contributed by atoms with E-state index in [1.54, 1.807) is 12.4 Å². The topological polar surface area (TPSA) is 58.6 Å². The summed E-state index contributed by atoms with van der Waals surface area (Å²) in [4.78, 5) is 23.6. The van der Waals surface area contributed by atoms with Crippen LogP contribution in [-0.4, -0.2) is 20.7 Å². The molecule has 0 unspecified atom stereocenters. The van der Waals surface area contributed by atoms with Gasteiger partial charge < -0.3 is 4.98 Å². The number of nitrogens with zero attached hydrogens (tertiary/aromatic N) is 2. The minimum Gasteiger partial charge on any atom is -0.341 e. The van der Waals surface area contributed by atoms with Gasteiger partial charge in [0.15, 0.2) is 5.78 Å². The number of hydrogen-bond acceptors (Lipinski definition) is 3. The normalized spacial score (nSPS) is 10.9. The highest BCUT2D eigenvalue weighted by atomic mass is 16.1. The van der Waals surface area contributed by atoms with Crippen LogP contribution < -0.4 is 0 Å². The third-order valence-corrected chi connectivity index (χ3v) is 2.68. The van der Waals surface area contributed by atoms with Gasteiger partial charge in [-0.15, -0.1) is 0 Å². The number of rotatable bonds is 4. The van der Waals surface area contributed by atoms with Gasteiger partial charge in [-0.3, -0.25) is 9.78 Å². The fourth-order valence-corrected chi connectivity index (χ4v) is 1.84. The molecule has 0 saturated carbocycles. The Hall–Kier alpha value is -1.97. The molecular formula is C14H17N3O. The zero-order chi connectivity index (χ0) is 13.1. The van der Waals surface area contributed by atoms with Gasteiger partial charge in [0.05, 0.1) is 0 Å². The van der Waals surface area contributed by atoms with Crippen LogP contribution in [-0.2, 0) is 0 Å². The number of aryl methyl sites for hydroxylation is 1. The predicted octanol–water partition coefficient (Wildman–Crippen LogP) is 3.01. The highest BCUT2D eigenvalue weighted by Gasteiger charge is 2.16. The lowest BCUT2D eigenvalue weighted by atomic mass is 10.0. The molecule has 18 heavy (non-hydrogen) atoms. The molecule has 0 radical (unpaired) electrons. The third-order valence-electron chi connectivity index (χ3n) is 2.68. The molecule has 94 valence electrons. The molecule has 1 N–H and O–H groups in total. The van der Waals surface area contributed by atoms with E-state index < -0.39 is 0 Å². The number of carbonyl (C=O) groups excluding carboxylic acids is 1. The Morgan fingerprint density at radius 1 is 1.44 bits per heavy atom. The predicted molar refractivity (Wildman–Crippen MR) is 70.3 cm³/mol. The number of pyridine rings is 1. The average Bonchev–Trinajstić information content (AvgIpc) is 2.72. The smallest absolute Gasteiger partial charge is 0.183 e. The second-order valence-electron chi connectivity index (χ2n) is 4.82. The van der Waals surface area contributed by atoms with E-state index in [2.05, 4.69) is 15.0 Å². The van der Waals surface area contributed by atoms with Gasteiger partial charge >= 0.3 is 0 Å². The number of Topliss-reactive ketones (excluding diaryl/α,β-unsaturated/α-hetero) is 1. The maximum Gasteiger partial charge on any atom is 0.183 e. The molecule has 0 atom stereocenters. The summed E-state index contributed by atoms with van der Waals surface area (Å²) >= 11 is 0. The van der Waals surface area contributed by atoms with Crippen molar-refractivity contribution in [1.82, 2.24) is 15.0 Å². The van der Waals surface area contributed by atoms with Crippen molar-refractivity contribution in [3.63, 3.8) is 0 Å². The van der Waals surface area contributed by atoms with Gasteiger partial charge in [-0.1, -0.05) is 13.8 Å². The lowest BCUT2D eigenvalue weighted by molar-refractivity contribution is 0.0963. The first-order chi connectivity index (χ1) is 8.58. The van der Waals surface area contributed by atoms with E-state index in [0.717, 1.165) is 11.3 Å². The van der Waals surface area contributed by atoms with Crippen LogP contribution >= 0.6 is 0 Å². The van der Waals surface area contributed by atoms with Crippen LogP contribution in [0.15, 0.2) is 24.5 Å². The summed E-state index contributed by atoms with van der Waals surface area (Å²) < 4.78 is 0. The Morgan fingerprint density at radius 3 is 2.83 bits per heavy atom. The summed E-state index contributed by atoms with van der Waals surface area (Å²) in [6.45, 7) is 5.93. The van der Waals surface area contributed by atoms with Crippen molar-refractivity contribution in [3.8, 4) is 11.4 Å². The van der Waals surface area contributed by atoms with Crippen LogP contribution in [0.3, 0.4) is 0 Å². The lowest BCUT2D eigenvalue weighted by Gasteiger charge is -2.01. The van der Waals surface area contributed by atoms with E-state index in [1.165, 1.54) is 0 Å². The summed E-state index contributed by atoms with van der Waals surface area (Å²) in [6, 6.07) is 3.77. The van der Waals surface area contributed by atoms with Crippen LogP contribution in [0.5, 0.6) is 0 Å². The molecule has 0 bridgehead atoms. The van der Waals surface area contributed by atoms with E-state index >= 15 is 0 Å². The molecule has 2 heterocycles. The first-order valence-electron chi connectivity index (χ1n) is 6.08. The van der Waals surface area contributed by atoms with Crippen LogP contribution in [0.1, 0.15) is 36.5 Å². The standard InChI is InChI=1S/C14H17N3O/c1-9(2)7-12(18)13-10(3)16-14(17-13)11-5-4-6-15-8-11/h4-6,8-9H,7H2,1-3H3,(H,16,17). The Bertz CT molecular complexity index is 543. The fourth-order valence-electron chi connectivity index (χ4n) is 1.84. The van der Waals surface area contributed by atoms with E-state index in [0.29, 0.717) is 23.9 Å². The second-order valence-corrected chi connectivity index (χ2v) is 4.82. The number of H-pyrrole nitrogens is 1. The van der Waals surface area contributed by atoms with Crippen molar-refractivity contribution < 1.29 is 4.79 Å². The number of hydrogen-bond donors (Lipinski definition) is 1. The first kappa shape index (κ1) is 12.5. The molecule has 0 fully saturated rings. The van der Waals surface area contributed by atoms with Crippen molar-refractivity contribution in [3.05, 3.63) is 35.9 Å². The highest BCUT2D eigenvalue weighted by molar-refractivity contribution is 5.96. The van der Waals surface area contributed by atoms with Crippen molar-refractivity contribution in [2.75, 3.05) is 0 Å². The van der Waals surface area contributed by atoms with Gasteiger partial charge in [-0.05, 0) is 25.0 Å². The number of ketones is 1. The van der Waals surface area contributed by atoms with Gasteiger partial charge in [0.25, 0.3) is 0 Å². The van der Waals surface area contributed by atoms with Crippen LogP contribution in [0.4, 0.5) is 0 Å². The van der Waals surface area contributed by atoms with E-state index in [9.17, 15) is 4.79 Å². The number of aromatic amines is 1. The third kappa shape index (κ3) is 2.64. The molecule has 0 aliphatic heterocycles. The van der Waals surface area contributed by atoms with Crippen molar-refractivity contribution >= 4 is 5.78 Å². The molecule has 0 aromatic carbocycles. The van der Waals surface area contributed by atoms with E-state index in [-0.39, 0.29) is 5.78 Å². The Kier molecular flexibility index (Phi) is 3.55. The Balaban J connectivity index is 2.30. The SMILES string of the molecule is Cc1[nH]c(-c2cccnc2)nc1C(=O)CC(C)C. The van der Waals surface area contributed by atoms with E-state index in [1.807, 2.05) is 32.9 Å². The first-order valence-corrected chi connectivity index (χ1v) is 6.08. The van der Waals surface area contributed by atoms with Crippen molar-refractivity contribution in [2.24, 2.45) is 5.92 Å². The minimum atomic E-state index is 0.0916. The Morgan fingerprint density at radius 2 is 2.22 bits per heavy atom. The van der Waals surface area contributed by atoms with Gasteiger partial charge in [0.2, 0.25) is 0 Å². The monoisotopic (exact) mass is 243 g/mol. The summed E-state index contributed by atoms with van der Waals surface area (Å²) in [5.74, 6) is 1.14.